The molecule has 4 nitrogen and oxygen atoms in total. The fraction of sp³-hybridized carbons (Fsp3) is 0.200. The van der Waals surface area contributed by atoms with Gasteiger partial charge in [0.05, 0.1) is 11.9 Å². The van der Waals surface area contributed by atoms with Crippen LogP contribution in [-0.4, -0.2) is 20.7 Å². The molecule has 0 saturated heterocycles. The van der Waals surface area contributed by atoms with Crippen LogP contribution < -0.4 is 0 Å². The third kappa shape index (κ3) is 1.59. The molecule has 2 aromatic heterocycles. The van der Waals surface area contributed by atoms with E-state index in [1.807, 2.05) is 24.3 Å². The minimum absolute atomic E-state index is 0.138. The fourth-order valence-electron chi connectivity index (χ4n) is 1.43. The van der Waals surface area contributed by atoms with Crippen molar-refractivity contribution in [2.45, 2.75) is 12.8 Å². The largest absolute Gasteiger partial charge is 0.481 e. The summed E-state index contributed by atoms with van der Waals surface area (Å²) in [5, 5.41) is 12.7. The van der Waals surface area contributed by atoms with Gasteiger partial charge < -0.3 is 5.11 Å². The molecule has 0 radical (unpaired) electrons. The van der Waals surface area contributed by atoms with Crippen LogP contribution in [0.3, 0.4) is 0 Å². The van der Waals surface area contributed by atoms with Crippen LogP contribution in [0, 0.1) is 0 Å². The number of nitrogens with zero attached hydrogens (tertiary/aromatic N) is 2. The van der Waals surface area contributed by atoms with Crippen LogP contribution in [0.2, 0.25) is 0 Å². The van der Waals surface area contributed by atoms with Crippen LogP contribution in [0.15, 0.2) is 30.5 Å². The van der Waals surface area contributed by atoms with E-state index in [1.54, 1.807) is 10.7 Å². The Morgan fingerprint density at radius 2 is 2.29 bits per heavy atom. The van der Waals surface area contributed by atoms with Crippen LogP contribution >= 0.6 is 0 Å². The van der Waals surface area contributed by atoms with E-state index in [0.29, 0.717) is 6.42 Å². The second kappa shape index (κ2) is 3.49. The quantitative estimate of drug-likeness (QED) is 0.794. The zero-order valence-electron chi connectivity index (χ0n) is 7.55. The first-order valence-corrected chi connectivity index (χ1v) is 4.41. The predicted molar refractivity (Wildman–Crippen MR) is 51.1 cm³/mol. The molecule has 0 bridgehead atoms. The lowest BCUT2D eigenvalue weighted by Crippen LogP contribution is -2.02. The Morgan fingerprint density at radius 1 is 1.43 bits per heavy atom. The molecule has 2 heterocycles. The first-order valence-electron chi connectivity index (χ1n) is 4.41. The highest BCUT2D eigenvalue weighted by atomic mass is 16.4. The summed E-state index contributed by atoms with van der Waals surface area (Å²) in [6, 6.07) is 7.64. The highest BCUT2D eigenvalue weighted by molar-refractivity contribution is 5.67. The van der Waals surface area contributed by atoms with Gasteiger partial charge in [0.15, 0.2) is 0 Å². The Balaban J connectivity index is 2.32. The summed E-state index contributed by atoms with van der Waals surface area (Å²) in [5.41, 5.74) is 1.92. The maximum Gasteiger partial charge on any atom is 0.303 e. The zero-order chi connectivity index (χ0) is 9.97. The van der Waals surface area contributed by atoms with Gasteiger partial charge in [0.2, 0.25) is 0 Å². The lowest BCUT2D eigenvalue weighted by molar-refractivity contribution is -0.136. The Bertz CT molecular complexity index is 462. The number of carbonyl (C=O) groups is 1. The van der Waals surface area contributed by atoms with E-state index >= 15 is 0 Å². The lowest BCUT2D eigenvalue weighted by Gasteiger charge is -2.02. The molecule has 0 aromatic carbocycles. The Kier molecular flexibility index (Phi) is 2.18. The van der Waals surface area contributed by atoms with Gasteiger partial charge in [-0.25, -0.2) is 4.52 Å². The van der Waals surface area contributed by atoms with Crippen LogP contribution in [0.4, 0.5) is 0 Å². The average molecular weight is 190 g/mol. The first-order chi connectivity index (χ1) is 6.77. The second-order valence-corrected chi connectivity index (χ2v) is 3.08. The summed E-state index contributed by atoms with van der Waals surface area (Å²) in [4.78, 5) is 10.4. The standard InChI is InChI=1S/C10H10N2O2/c13-10(14)5-4-8-2-1-3-9-6-7-11-12(8)9/h1-3,6-7H,4-5H2,(H,13,14). The van der Waals surface area contributed by atoms with Crippen molar-refractivity contribution in [3.05, 3.63) is 36.2 Å². The van der Waals surface area contributed by atoms with Gasteiger partial charge in [0.1, 0.15) is 0 Å². The van der Waals surface area contributed by atoms with E-state index in [-0.39, 0.29) is 6.42 Å². The van der Waals surface area contributed by atoms with Gasteiger partial charge in [-0.05, 0) is 18.2 Å². The molecule has 0 aliphatic carbocycles. The maximum atomic E-state index is 10.4. The van der Waals surface area contributed by atoms with E-state index in [2.05, 4.69) is 5.10 Å². The van der Waals surface area contributed by atoms with Gasteiger partial charge in [-0.1, -0.05) is 6.07 Å². The molecule has 0 fully saturated rings. The lowest BCUT2D eigenvalue weighted by atomic mass is 10.2. The number of pyridine rings is 1. The van der Waals surface area contributed by atoms with Crippen molar-refractivity contribution in [3.8, 4) is 0 Å². The van der Waals surface area contributed by atoms with Gasteiger partial charge in [-0.3, -0.25) is 4.79 Å². The summed E-state index contributed by atoms with van der Waals surface area (Å²) in [5.74, 6) is -0.783. The molecule has 0 atom stereocenters. The minimum Gasteiger partial charge on any atom is -0.481 e. The SMILES string of the molecule is O=C(O)CCc1cccc2ccnn12. The van der Waals surface area contributed by atoms with Crippen molar-refractivity contribution < 1.29 is 9.90 Å². The van der Waals surface area contributed by atoms with Gasteiger partial charge in [-0.15, -0.1) is 0 Å². The number of carboxylic acids is 1. The highest BCUT2D eigenvalue weighted by Crippen LogP contribution is 2.08. The number of aryl methyl sites for hydroxylation is 1. The maximum absolute atomic E-state index is 10.4. The summed E-state index contributed by atoms with van der Waals surface area (Å²) >= 11 is 0. The third-order valence-corrected chi connectivity index (χ3v) is 2.09. The number of hydrogen-bond acceptors (Lipinski definition) is 2. The zero-order valence-corrected chi connectivity index (χ0v) is 7.55. The molecule has 0 unspecified atom stereocenters. The molecule has 0 aliphatic rings. The number of carboxylic acid groups (broad SMARTS) is 1. The number of aromatic nitrogens is 2. The predicted octanol–water partition coefficient (Wildman–Crippen LogP) is 1.35. The molecule has 0 aliphatic heterocycles. The Labute approximate surface area is 80.8 Å². The average Bonchev–Trinajstić information content (AvgIpc) is 2.62. The normalized spacial score (nSPS) is 10.6. The van der Waals surface area contributed by atoms with Crippen molar-refractivity contribution in [3.63, 3.8) is 0 Å². The molecule has 1 N–H and O–H groups in total. The van der Waals surface area contributed by atoms with Crippen LogP contribution in [0.5, 0.6) is 0 Å². The molecule has 2 rings (SSSR count). The van der Waals surface area contributed by atoms with Crippen LogP contribution in [-0.2, 0) is 11.2 Å². The molecular weight excluding hydrogens is 180 g/mol. The summed E-state index contributed by atoms with van der Waals surface area (Å²) in [6.45, 7) is 0. The topological polar surface area (TPSA) is 54.6 Å². The van der Waals surface area contributed by atoms with Crippen molar-refractivity contribution in [2.24, 2.45) is 0 Å². The molecular formula is C10H10N2O2. The third-order valence-electron chi connectivity index (χ3n) is 2.09. The minimum atomic E-state index is -0.783. The monoisotopic (exact) mass is 190 g/mol. The number of aliphatic carboxylic acids is 1. The first kappa shape index (κ1) is 8.74. The Morgan fingerprint density at radius 3 is 3.07 bits per heavy atom. The number of rotatable bonds is 3. The van der Waals surface area contributed by atoms with E-state index in [0.717, 1.165) is 11.2 Å². The van der Waals surface area contributed by atoms with Gasteiger partial charge >= 0.3 is 5.97 Å². The number of hydrogen-bond donors (Lipinski definition) is 1. The van der Waals surface area contributed by atoms with E-state index in [1.165, 1.54) is 0 Å². The van der Waals surface area contributed by atoms with E-state index < -0.39 is 5.97 Å². The summed E-state index contributed by atoms with van der Waals surface area (Å²) in [6.07, 6.45) is 2.35. The van der Waals surface area contributed by atoms with E-state index in [9.17, 15) is 4.79 Å². The molecule has 0 amide bonds. The van der Waals surface area contributed by atoms with Gasteiger partial charge in [-0.2, -0.15) is 5.10 Å². The van der Waals surface area contributed by atoms with Crippen molar-refractivity contribution in [1.29, 1.82) is 0 Å². The second-order valence-electron chi connectivity index (χ2n) is 3.08. The molecule has 0 spiro atoms. The van der Waals surface area contributed by atoms with Crippen molar-refractivity contribution in [2.75, 3.05) is 0 Å². The van der Waals surface area contributed by atoms with E-state index in [4.69, 9.17) is 5.11 Å². The smallest absolute Gasteiger partial charge is 0.303 e. The summed E-state index contributed by atoms with van der Waals surface area (Å²) in [7, 11) is 0. The number of fused-ring (bicyclic) bond motifs is 1. The van der Waals surface area contributed by atoms with Crippen LogP contribution in [0.1, 0.15) is 12.1 Å². The Hall–Kier alpha value is -1.84. The van der Waals surface area contributed by atoms with Gasteiger partial charge in [0, 0.05) is 18.3 Å². The highest BCUT2D eigenvalue weighted by Gasteiger charge is 2.03. The summed E-state index contributed by atoms with van der Waals surface area (Å²) < 4.78 is 1.77. The fourth-order valence-corrected chi connectivity index (χ4v) is 1.43. The molecule has 4 heteroatoms. The van der Waals surface area contributed by atoms with Crippen molar-refractivity contribution in [1.82, 2.24) is 9.61 Å². The molecule has 14 heavy (non-hydrogen) atoms. The molecule has 0 saturated carbocycles. The molecule has 2 aromatic rings. The molecule has 72 valence electrons. The van der Waals surface area contributed by atoms with Crippen LogP contribution in [0.25, 0.3) is 5.52 Å². The van der Waals surface area contributed by atoms with Gasteiger partial charge in [0.25, 0.3) is 0 Å². The van der Waals surface area contributed by atoms with Crippen molar-refractivity contribution >= 4 is 11.5 Å².